The van der Waals surface area contributed by atoms with Crippen molar-refractivity contribution >= 4 is 27.5 Å². The van der Waals surface area contributed by atoms with Gasteiger partial charge in [0, 0.05) is 17.5 Å². The quantitative estimate of drug-likeness (QED) is 0.494. The van der Waals surface area contributed by atoms with Gasteiger partial charge in [0.05, 0.1) is 11.4 Å². The maximum Gasteiger partial charge on any atom is 0.404 e. The lowest BCUT2D eigenvalue weighted by atomic mass is 10.2. The van der Waals surface area contributed by atoms with Crippen LogP contribution in [0.2, 0.25) is 0 Å². The van der Waals surface area contributed by atoms with E-state index in [4.69, 9.17) is 11.5 Å². The number of primary amides is 1. The first-order valence-corrected chi connectivity index (χ1v) is 7.40. The molecule has 0 atom stereocenters. The highest BCUT2D eigenvalue weighted by Gasteiger charge is 2.13. The van der Waals surface area contributed by atoms with Crippen LogP contribution in [0.15, 0.2) is 23.1 Å². The fourth-order valence-electron chi connectivity index (χ4n) is 1.39. The van der Waals surface area contributed by atoms with Crippen LogP contribution in [0, 0.1) is 0 Å². The number of hydrogen-bond donors (Lipinski definition) is 3. The van der Waals surface area contributed by atoms with Gasteiger partial charge in [-0.3, -0.25) is 4.79 Å². The molecule has 5 N–H and O–H groups in total. The number of carbonyl (C=O) groups excluding carboxylic acids is 2. The standard InChI is InChI=1S/C11H15N3O5S/c1-20(17,18)9-5-7(4-8(12)6-9)10(15)14-2-3-19-11(13)16/h4-6H,2-3,12H2,1H3,(H2,13,16)(H,14,15). The van der Waals surface area contributed by atoms with Gasteiger partial charge in [-0.25, -0.2) is 13.2 Å². The summed E-state index contributed by atoms with van der Waals surface area (Å²) >= 11 is 0. The molecule has 0 unspecified atom stereocenters. The van der Waals surface area contributed by atoms with Gasteiger partial charge in [0.2, 0.25) is 0 Å². The molecule has 0 bridgehead atoms. The van der Waals surface area contributed by atoms with Gasteiger partial charge >= 0.3 is 6.09 Å². The SMILES string of the molecule is CS(=O)(=O)c1cc(N)cc(C(=O)NCCOC(N)=O)c1. The number of carbonyl (C=O) groups is 2. The van der Waals surface area contributed by atoms with E-state index in [-0.39, 0.29) is 29.3 Å². The van der Waals surface area contributed by atoms with Gasteiger partial charge < -0.3 is 21.5 Å². The molecule has 0 saturated carbocycles. The number of rotatable bonds is 5. The Hall–Kier alpha value is -2.29. The predicted octanol–water partition coefficient (Wildman–Crippen LogP) is -0.503. The zero-order valence-electron chi connectivity index (χ0n) is 10.8. The first-order chi connectivity index (χ1) is 9.20. The van der Waals surface area contributed by atoms with Crippen LogP contribution in [-0.2, 0) is 14.6 Å². The summed E-state index contributed by atoms with van der Waals surface area (Å²) in [5.41, 5.74) is 10.6. The summed E-state index contributed by atoms with van der Waals surface area (Å²) in [6.45, 7) is -0.0346. The number of nitrogen functional groups attached to an aromatic ring is 1. The molecule has 9 heteroatoms. The molecule has 0 fully saturated rings. The van der Waals surface area contributed by atoms with Gasteiger partial charge in [-0.05, 0) is 18.2 Å². The smallest absolute Gasteiger partial charge is 0.404 e. The normalized spacial score (nSPS) is 10.8. The second kappa shape index (κ2) is 6.24. The third kappa shape index (κ3) is 4.76. The highest BCUT2D eigenvalue weighted by Crippen LogP contribution is 2.16. The minimum atomic E-state index is -3.46. The lowest BCUT2D eigenvalue weighted by molar-refractivity contribution is 0.0936. The number of nitrogens with one attached hydrogen (secondary N) is 1. The number of hydrogen-bond acceptors (Lipinski definition) is 6. The Labute approximate surface area is 116 Å². The summed E-state index contributed by atoms with van der Waals surface area (Å²) in [6, 6.07) is 3.83. The molecule has 0 aliphatic rings. The third-order valence-corrected chi connectivity index (χ3v) is 3.34. The highest BCUT2D eigenvalue weighted by molar-refractivity contribution is 7.90. The van der Waals surface area contributed by atoms with E-state index in [1.807, 2.05) is 0 Å². The fourth-order valence-corrected chi connectivity index (χ4v) is 2.08. The van der Waals surface area contributed by atoms with Crippen LogP contribution < -0.4 is 16.8 Å². The Morgan fingerprint density at radius 2 is 1.95 bits per heavy atom. The zero-order chi connectivity index (χ0) is 15.3. The van der Waals surface area contributed by atoms with E-state index in [1.54, 1.807) is 0 Å². The van der Waals surface area contributed by atoms with Crippen molar-refractivity contribution in [1.82, 2.24) is 5.32 Å². The Kier molecular flexibility index (Phi) is 4.92. The van der Waals surface area contributed by atoms with Crippen molar-refractivity contribution in [2.24, 2.45) is 5.73 Å². The number of amides is 2. The fraction of sp³-hybridized carbons (Fsp3) is 0.273. The Balaban J connectivity index is 2.78. The molecule has 0 heterocycles. The van der Waals surface area contributed by atoms with E-state index in [2.05, 4.69) is 10.1 Å². The summed E-state index contributed by atoms with van der Waals surface area (Å²) in [7, 11) is -3.46. The Morgan fingerprint density at radius 1 is 1.30 bits per heavy atom. The number of benzene rings is 1. The van der Waals surface area contributed by atoms with E-state index in [9.17, 15) is 18.0 Å². The molecule has 2 amide bonds. The van der Waals surface area contributed by atoms with Crippen molar-refractivity contribution in [3.8, 4) is 0 Å². The van der Waals surface area contributed by atoms with Crippen LogP contribution in [0.4, 0.5) is 10.5 Å². The van der Waals surface area contributed by atoms with Crippen LogP contribution in [0.5, 0.6) is 0 Å². The molecule has 8 nitrogen and oxygen atoms in total. The molecule has 0 saturated heterocycles. The topological polar surface area (TPSA) is 142 Å². The van der Waals surface area contributed by atoms with Crippen molar-refractivity contribution in [3.63, 3.8) is 0 Å². The van der Waals surface area contributed by atoms with E-state index in [0.29, 0.717) is 0 Å². The molecular formula is C11H15N3O5S. The van der Waals surface area contributed by atoms with Crippen LogP contribution in [0.1, 0.15) is 10.4 Å². The first kappa shape index (κ1) is 15.8. The maximum atomic E-state index is 11.8. The summed E-state index contributed by atoms with van der Waals surface area (Å²) in [6.07, 6.45) is 0.0759. The lowest BCUT2D eigenvalue weighted by Gasteiger charge is -2.08. The molecule has 1 rings (SSSR count). The molecular weight excluding hydrogens is 286 g/mol. The molecule has 1 aromatic rings. The van der Waals surface area contributed by atoms with Gasteiger partial charge in [0.15, 0.2) is 9.84 Å². The first-order valence-electron chi connectivity index (χ1n) is 5.51. The monoisotopic (exact) mass is 301 g/mol. The summed E-state index contributed by atoms with van der Waals surface area (Å²) in [5, 5.41) is 2.44. The molecule has 0 radical (unpaired) electrons. The van der Waals surface area contributed by atoms with E-state index in [0.717, 1.165) is 6.26 Å². The molecule has 0 aliphatic heterocycles. The summed E-state index contributed by atoms with van der Waals surface area (Å²) < 4.78 is 27.3. The summed E-state index contributed by atoms with van der Waals surface area (Å²) in [4.78, 5) is 22.1. The number of sulfone groups is 1. The average Bonchev–Trinajstić information content (AvgIpc) is 2.32. The van der Waals surface area contributed by atoms with Gasteiger partial charge in [-0.2, -0.15) is 0 Å². The second-order valence-electron chi connectivity index (χ2n) is 3.99. The van der Waals surface area contributed by atoms with Gasteiger partial charge in [-0.1, -0.05) is 0 Å². The third-order valence-electron chi connectivity index (χ3n) is 2.25. The molecule has 110 valence electrons. The predicted molar refractivity (Wildman–Crippen MR) is 71.8 cm³/mol. The van der Waals surface area contributed by atoms with Crippen molar-refractivity contribution in [1.29, 1.82) is 0 Å². The maximum absolute atomic E-state index is 11.8. The zero-order valence-corrected chi connectivity index (χ0v) is 11.6. The Bertz CT molecular complexity index is 627. The average molecular weight is 301 g/mol. The molecule has 0 aromatic heterocycles. The lowest BCUT2D eigenvalue weighted by Crippen LogP contribution is -2.29. The molecule has 20 heavy (non-hydrogen) atoms. The van der Waals surface area contributed by atoms with Crippen LogP contribution in [0.3, 0.4) is 0 Å². The number of anilines is 1. The minimum Gasteiger partial charge on any atom is -0.448 e. The van der Waals surface area contributed by atoms with Crippen molar-refractivity contribution in [2.75, 3.05) is 25.1 Å². The van der Waals surface area contributed by atoms with Crippen LogP contribution >= 0.6 is 0 Å². The van der Waals surface area contributed by atoms with Crippen LogP contribution in [0.25, 0.3) is 0 Å². The largest absolute Gasteiger partial charge is 0.448 e. The Morgan fingerprint density at radius 3 is 2.50 bits per heavy atom. The van der Waals surface area contributed by atoms with Gasteiger partial charge in [0.25, 0.3) is 5.91 Å². The van der Waals surface area contributed by atoms with Crippen molar-refractivity contribution in [3.05, 3.63) is 23.8 Å². The van der Waals surface area contributed by atoms with Crippen LogP contribution in [-0.4, -0.2) is 39.8 Å². The number of nitrogens with two attached hydrogens (primary N) is 2. The van der Waals surface area contributed by atoms with E-state index >= 15 is 0 Å². The van der Waals surface area contributed by atoms with E-state index < -0.39 is 21.8 Å². The number of ether oxygens (including phenoxy) is 1. The van der Waals surface area contributed by atoms with Crippen molar-refractivity contribution in [2.45, 2.75) is 4.90 Å². The van der Waals surface area contributed by atoms with E-state index in [1.165, 1.54) is 18.2 Å². The second-order valence-corrected chi connectivity index (χ2v) is 6.00. The van der Waals surface area contributed by atoms with Crippen molar-refractivity contribution < 1.29 is 22.7 Å². The minimum absolute atomic E-state index is 0.0453. The highest BCUT2D eigenvalue weighted by atomic mass is 32.2. The summed E-state index contributed by atoms with van der Waals surface area (Å²) in [5.74, 6) is -0.532. The molecule has 0 aliphatic carbocycles. The molecule has 1 aromatic carbocycles. The van der Waals surface area contributed by atoms with Gasteiger partial charge in [0.1, 0.15) is 6.61 Å². The molecule has 0 spiro atoms. The van der Waals surface area contributed by atoms with Gasteiger partial charge in [-0.15, -0.1) is 0 Å².